The minimum Gasteiger partial charge on any atom is -0.496 e. The lowest BCUT2D eigenvalue weighted by Crippen LogP contribution is -2.40. The maximum atomic E-state index is 9.65. The first-order chi connectivity index (χ1) is 10.2. The van der Waals surface area contributed by atoms with Crippen molar-refractivity contribution in [3.63, 3.8) is 0 Å². The Hall–Kier alpha value is -1.02. The quantitative estimate of drug-likeness (QED) is 0.435. The number of nitrogens with one attached hydrogen (secondary N) is 1. The van der Waals surface area contributed by atoms with E-state index in [-0.39, 0.29) is 30.1 Å². The summed E-state index contributed by atoms with van der Waals surface area (Å²) in [6.07, 6.45) is 1.43. The molecule has 0 saturated carbocycles. The summed E-state index contributed by atoms with van der Waals surface area (Å²) in [6.45, 7) is 5.12. The molecule has 22 heavy (non-hydrogen) atoms. The topological polar surface area (TPSA) is 57.1 Å². The monoisotopic (exact) mass is 419 g/mol. The van der Waals surface area contributed by atoms with Gasteiger partial charge in [0.2, 0.25) is 0 Å². The van der Waals surface area contributed by atoms with Crippen LogP contribution in [0.3, 0.4) is 0 Å². The van der Waals surface area contributed by atoms with Crippen molar-refractivity contribution in [1.82, 2.24) is 10.2 Å². The molecule has 124 valence electrons. The fourth-order valence-corrected chi connectivity index (χ4v) is 2.55. The number of hydrogen-bond acceptors (Lipinski definition) is 3. The van der Waals surface area contributed by atoms with E-state index in [4.69, 9.17) is 4.74 Å². The fraction of sp³-hybridized carbons (Fsp3) is 0.562. The predicted molar refractivity (Wildman–Crippen MR) is 100 cm³/mol. The van der Waals surface area contributed by atoms with E-state index in [2.05, 4.69) is 28.2 Å². The average Bonchev–Trinajstić information content (AvgIpc) is 2.93. The summed E-state index contributed by atoms with van der Waals surface area (Å²) in [6, 6.07) is 8.03. The van der Waals surface area contributed by atoms with E-state index in [1.807, 2.05) is 18.2 Å². The van der Waals surface area contributed by atoms with Crippen LogP contribution in [0.4, 0.5) is 0 Å². The van der Waals surface area contributed by atoms with Crippen LogP contribution in [0.5, 0.6) is 5.75 Å². The molecule has 0 aromatic heterocycles. The Kier molecular flexibility index (Phi) is 8.55. The van der Waals surface area contributed by atoms with Gasteiger partial charge in [-0.25, -0.2) is 0 Å². The molecule has 0 unspecified atom stereocenters. The molecule has 1 atom stereocenters. The lowest BCUT2D eigenvalue weighted by atomic mass is 10.1. The van der Waals surface area contributed by atoms with E-state index < -0.39 is 0 Å². The van der Waals surface area contributed by atoms with Crippen LogP contribution < -0.4 is 10.1 Å². The highest BCUT2D eigenvalue weighted by Gasteiger charge is 2.22. The van der Waals surface area contributed by atoms with Crippen molar-refractivity contribution in [2.75, 3.05) is 33.3 Å². The molecule has 1 aliphatic heterocycles. The number of aliphatic hydroxyl groups excluding tert-OH is 1. The lowest BCUT2D eigenvalue weighted by Gasteiger charge is -2.21. The predicted octanol–water partition coefficient (Wildman–Crippen LogP) is 1.89. The number of β-amino-alcohol motifs (C(OH)–C–C–N with tert-alkyl or cyclic N) is 1. The molecule has 0 bridgehead atoms. The molecular weight excluding hydrogens is 393 g/mol. The number of rotatable bonds is 5. The lowest BCUT2D eigenvalue weighted by molar-refractivity contribution is 0.188. The highest BCUT2D eigenvalue weighted by Crippen LogP contribution is 2.17. The van der Waals surface area contributed by atoms with E-state index in [1.165, 1.54) is 5.56 Å². The molecule has 0 radical (unpaired) electrons. The number of aliphatic hydroxyl groups is 1. The first kappa shape index (κ1) is 19.0. The maximum absolute atomic E-state index is 9.65. The highest BCUT2D eigenvalue weighted by molar-refractivity contribution is 14.0. The number of halogens is 1. The third kappa shape index (κ3) is 5.31. The Bertz CT molecular complexity index is 482. The Morgan fingerprint density at radius 3 is 2.86 bits per heavy atom. The third-order valence-electron chi connectivity index (χ3n) is 3.63. The Balaban J connectivity index is 0.00000242. The van der Waals surface area contributed by atoms with Crippen molar-refractivity contribution in [2.45, 2.75) is 25.9 Å². The van der Waals surface area contributed by atoms with E-state index >= 15 is 0 Å². The van der Waals surface area contributed by atoms with Gasteiger partial charge in [0.15, 0.2) is 5.96 Å². The zero-order chi connectivity index (χ0) is 15.1. The second-order valence-corrected chi connectivity index (χ2v) is 5.19. The molecule has 0 spiro atoms. The van der Waals surface area contributed by atoms with Gasteiger partial charge in [-0.05, 0) is 31.4 Å². The molecule has 1 fully saturated rings. The molecule has 0 amide bonds. The number of methoxy groups -OCH3 is 1. The van der Waals surface area contributed by atoms with Crippen molar-refractivity contribution < 1.29 is 9.84 Å². The molecule has 1 aromatic carbocycles. The van der Waals surface area contributed by atoms with E-state index in [9.17, 15) is 5.11 Å². The van der Waals surface area contributed by atoms with Gasteiger partial charge >= 0.3 is 0 Å². The number of nitrogens with zero attached hydrogens (tertiary/aromatic N) is 2. The van der Waals surface area contributed by atoms with E-state index in [0.717, 1.165) is 37.6 Å². The van der Waals surface area contributed by atoms with Crippen LogP contribution >= 0.6 is 24.0 Å². The van der Waals surface area contributed by atoms with Crippen LogP contribution in [0.1, 0.15) is 18.9 Å². The summed E-state index contributed by atoms with van der Waals surface area (Å²) in [4.78, 5) is 6.79. The van der Waals surface area contributed by atoms with Gasteiger partial charge in [-0.15, -0.1) is 24.0 Å². The molecule has 2 rings (SSSR count). The second kappa shape index (κ2) is 9.89. The van der Waals surface area contributed by atoms with Crippen LogP contribution in [0.15, 0.2) is 29.3 Å². The number of guanidine groups is 1. The maximum Gasteiger partial charge on any atom is 0.194 e. The largest absolute Gasteiger partial charge is 0.496 e. The molecule has 0 aliphatic carbocycles. The van der Waals surface area contributed by atoms with Gasteiger partial charge in [-0.1, -0.05) is 18.2 Å². The Morgan fingerprint density at radius 2 is 2.23 bits per heavy atom. The number of benzene rings is 1. The number of ether oxygens (including phenoxy) is 1. The molecule has 5 nitrogen and oxygen atoms in total. The summed E-state index contributed by atoms with van der Waals surface area (Å²) in [7, 11) is 1.69. The molecule has 1 aromatic rings. The summed E-state index contributed by atoms with van der Waals surface area (Å²) < 4.78 is 5.36. The molecule has 1 aliphatic rings. The van der Waals surface area contributed by atoms with Gasteiger partial charge in [0.25, 0.3) is 0 Å². The highest BCUT2D eigenvalue weighted by atomic mass is 127. The number of likely N-dealkylation sites (tertiary alicyclic amines) is 1. The fourth-order valence-electron chi connectivity index (χ4n) is 2.55. The summed E-state index contributed by atoms with van der Waals surface area (Å²) in [5.74, 6) is 1.80. The van der Waals surface area contributed by atoms with Crippen LogP contribution in [-0.4, -0.2) is 55.4 Å². The zero-order valence-electron chi connectivity index (χ0n) is 13.3. The van der Waals surface area contributed by atoms with Gasteiger partial charge in [0, 0.05) is 26.2 Å². The molecule has 1 saturated heterocycles. The van der Waals surface area contributed by atoms with Gasteiger partial charge in [0.1, 0.15) is 5.75 Å². The average molecular weight is 419 g/mol. The standard InChI is InChI=1S/C16H25N3O2.HI/c1-3-17-16(19-11-9-14(20)12-19)18-10-8-13-6-4-5-7-15(13)21-2;/h4-7,14,20H,3,8-12H2,1-2H3,(H,17,18);1H/t14-;/m1./s1. The van der Waals surface area contributed by atoms with Gasteiger partial charge in [-0.3, -0.25) is 4.99 Å². The molecular formula is C16H26IN3O2. The van der Waals surface area contributed by atoms with Gasteiger partial charge < -0.3 is 20.1 Å². The zero-order valence-corrected chi connectivity index (χ0v) is 15.6. The van der Waals surface area contributed by atoms with Crippen LogP contribution in [0.2, 0.25) is 0 Å². The van der Waals surface area contributed by atoms with Gasteiger partial charge in [-0.2, -0.15) is 0 Å². The van der Waals surface area contributed by atoms with Crippen molar-refractivity contribution in [2.24, 2.45) is 4.99 Å². The van der Waals surface area contributed by atoms with E-state index in [1.54, 1.807) is 7.11 Å². The Labute approximate surface area is 149 Å². The summed E-state index contributed by atoms with van der Waals surface area (Å²) in [5.41, 5.74) is 1.17. The minimum absolute atomic E-state index is 0. The van der Waals surface area contributed by atoms with Crippen molar-refractivity contribution in [3.8, 4) is 5.75 Å². The van der Waals surface area contributed by atoms with Crippen LogP contribution in [0.25, 0.3) is 0 Å². The second-order valence-electron chi connectivity index (χ2n) is 5.19. The number of aliphatic imine (C=N–C) groups is 1. The summed E-state index contributed by atoms with van der Waals surface area (Å²) >= 11 is 0. The number of para-hydroxylation sites is 1. The molecule has 1 heterocycles. The van der Waals surface area contributed by atoms with Crippen molar-refractivity contribution >= 4 is 29.9 Å². The first-order valence-corrected chi connectivity index (χ1v) is 7.57. The van der Waals surface area contributed by atoms with Crippen LogP contribution in [0, 0.1) is 0 Å². The van der Waals surface area contributed by atoms with Crippen molar-refractivity contribution in [1.29, 1.82) is 0 Å². The number of hydrogen-bond donors (Lipinski definition) is 2. The molecule has 6 heteroatoms. The van der Waals surface area contributed by atoms with Gasteiger partial charge in [0.05, 0.1) is 13.2 Å². The molecule has 2 N–H and O–H groups in total. The summed E-state index contributed by atoms with van der Waals surface area (Å²) in [5, 5.41) is 12.9. The normalized spacial score (nSPS) is 18.0. The Morgan fingerprint density at radius 1 is 1.45 bits per heavy atom. The SMILES string of the molecule is CCNC(=NCCc1ccccc1OC)N1CC[C@@H](O)C1.I. The smallest absolute Gasteiger partial charge is 0.194 e. The van der Waals surface area contributed by atoms with Crippen molar-refractivity contribution in [3.05, 3.63) is 29.8 Å². The van der Waals surface area contributed by atoms with Crippen LogP contribution in [-0.2, 0) is 6.42 Å². The minimum atomic E-state index is -0.233. The first-order valence-electron chi connectivity index (χ1n) is 7.57. The van der Waals surface area contributed by atoms with E-state index in [0.29, 0.717) is 13.1 Å². The third-order valence-corrected chi connectivity index (χ3v) is 3.63.